The Morgan fingerprint density at radius 2 is 2.40 bits per heavy atom. The van der Waals surface area contributed by atoms with Gasteiger partial charge in [-0.1, -0.05) is 17.7 Å². The standard InChI is InChI=1S/C16H14ClFN4O2S/c1-9-10(7-19)15(25-21-9)20-16(23)22-5-6-24-13(8-22)14-11(17)3-2-4-12(14)18/h2-4,13H,5-6,8H2,1H3,(H,20,23). The van der Waals surface area contributed by atoms with Gasteiger partial charge in [0.2, 0.25) is 0 Å². The van der Waals surface area contributed by atoms with Gasteiger partial charge in [0.05, 0.1) is 18.8 Å². The highest BCUT2D eigenvalue weighted by atomic mass is 35.5. The molecule has 0 saturated carbocycles. The zero-order valence-electron chi connectivity index (χ0n) is 13.3. The minimum absolute atomic E-state index is 0.159. The van der Waals surface area contributed by atoms with Crippen molar-refractivity contribution in [2.24, 2.45) is 0 Å². The summed E-state index contributed by atoms with van der Waals surface area (Å²) >= 11 is 7.13. The Hall–Kier alpha value is -2.21. The molecule has 0 bridgehead atoms. The van der Waals surface area contributed by atoms with Crippen molar-refractivity contribution in [1.29, 1.82) is 5.26 Å². The van der Waals surface area contributed by atoms with Crippen molar-refractivity contribution < 1.29 is 13.9 Å². The van der Waals surface area contributed by atoms with E-state index in [9.17, 15) is 9.18 Å². The van der Waals surface area contributed by atoms with E-state index >= 15 is 0 Å². The lowest BCUT2D eigenvalue weighted by Gasteiger charge is -2.33. The van der Waals surface area contributed by atoms with Crippen molar-refractivity contribution >= 4 is 34.2 Å². The van der Waals surface area contributed by atoms with Crippen LogP contribution >= 0.6 is 23.1 Å². The second kappa shape index (κ2) is 7.35. The molecule has 2 heterocycles. The molecule has 1 unspecified atom stereocenters. The molecule has 1 fully saturated rings. The Bertz CT molecular complexity index is 831. The van der Waals surface area contributed by atoms with E-state index in [1.165, 1.54) is 17.0 Å². The summed E-state index contributed by atoms with van der Waals surface area (Å²) in [5.41, 5.74) is 1.16. The molecule has 1 aromatic carbocycles. The van der Waals surface area contributed by atoms with Crippen molar-refractivity contribution in [2.75, 3.05) is 25.0 Å². The lowest BCUT2D eigenvalue weighted by Crippen LogP contribution is -2.44. The van der Waals surface area contributed by atoms with Crippen LogP contribution in [0.4, 0.5) is 14.2 Å². The number of anilines is 1. The van der Waals surface area contributed by atoms with Gasteiger partial charge in [0.25, 0.3) is 0 Å². The highest BCUT2D eigenvalue weighted by molar-refractivity contribution is 7.10. The molecular weight excluding hydrogens is 367 g/mol. The minimum atomic E-state index is -0.646. The Kier molecular flexibility index (Phi) is 5.18. The van der Waals surface area contributed by atoms with Crippen molar-refractivity contribution in [3.63, 3.8) is 0 Å². The summed E-state index contributed by atoms with van der Waals surface area (Å²) < 4.78 is 23.7. The highest BCUT2D eigenvalue weighted by Gasteiger charge is 2.29. The number of hydrogen-bond acceptors (Lipinski definition) is 5. The second-order valence-corrected chi connectivity index (χ2v) is 6.64. The summed E-state index contributed by atoms with van der Waals surface area (Å²) in [6.07, 6.45) is -0.646. The number of nitrogens with zero attached hydrogens (tertiary/aromatic N) is 3. The molecule has 3 rings (SSSR count). The molecule has 0 radical (unpaired) electrons. The average molecular weight is 381 g/mol. The number of urea groups is 1. The van der Waals surface area contributed by atoms with Crippen LogP contribution in [0, 0.1) is 24.1 Å². The Labute approximate surface area is 152 Å². The fourth-order valence-corrected chi connectivity index (χ4v) is 3.61. The molecule has 1 saturated heterocycles. The van der Waals surface area contributed by atoms with E-state index in [-0.39, 0.29) is 29.8 Å². The average Bonchev–Trinajstić information content (AvgIpc) is 2.94. The van der Waals surface area contributed by atoms with E-state index in [0.29, 0.717) is 22.8 Å². The zero-order valence-corrected chi connectivity index (χ0v) is 14.8. The van der Waals surface area contributed by atoms with Crippen LogP contribution < -0.4 is 5.32 Å². The van der Waals surface area contributed by atoms with Gasteiger partial charge >= 0.3 is 6.03 Å². The number of hydrogen-bond donors (Lipinski definition) is 1. The van der Waals surface area contributed by atoms with Gasteiger partial charge in [-0.25, -0.2) is 9.18 Å². The van der Waals surface area contributed by atoms with Crippen LogP contribution in [0.5, 0.6) is 0 Å². The third kappa shape index (κ3) is 3.58. The number of morpholine rings is 1. The quantitative estimate of drug-likeness (QED) is 0.861. The lowest BCUT2D eigenvalue weighted by molar-refractivity contribution is -0.0151. The zero-order chi connectivity index (χ0) is 18.0. The molecule has 1 aliphatic heterocycles. The Morgan fingerprint density at radius 3 is 3.12 bits per heavy atom. The number of aromatic nitrogens is 1. The number of carbonyl (C=O) groups is 1. The topological polar surface area (TPSA) is 78.2 Å². The maximum Gasteiger partial charge on any atom is 0.322 e. The van der Waals surface area contributed by atoms with Crippen molar-refractivity contribution in [2.45, 2.75) is 13.0 Å². The predicted octanol–water partition coefficient (Wildman–Crippen LogP) is 3.72. The van der Waals surface area contributed by atoms with Gasteiger partial charge in [0, 0.05) is 17.1 Å². The molecule has 1 atom stereocenters. The third-order valence-electron chi connectivity index (χ3n) is 3.87. The molecule has 1 aliphatic rings. The van der Waals surface area contributed by atoms with E-state index in [0.717, 1.165) is 11.5 Å². The van der Waals surface area contributed by atoms with Crippen LogP contribution in [0.3, 0.4) is 0 Å². The molecule has 0 aliphatic carbocycles. The Balaban J connectivity index is 1.75. The number of aryl methyl sites for hydroxylation is 1. The lowest BCUT2D eigenvalue weighted by atomic mass is 10.1. The van der Waals surface area contributed by atoms with Gasteiger partial charge in [-0.15, -0.1) is 0 Å². The van der Waals surface area contributed by atoms with Gasteiger partial charge < -0.3 is 9.64 Å². The van der Waals surface area contributed by atoms with Crippen molar-refractivity contribution in [3.8, 4) is 6.07 Å². The fraction of sp³-hybridized carbons (Fsp3) is 0.312. The molecule has 1 aromatic heterocycles. The van der Waals surface area contributed by atoms with Gasteiger partial charge in [-0.05, 0) is 30.6 Å². The van der Waals surface area contributed by atoms with Crippen LogP contribution in [0.15, 0.2) is 18.2 Å². The van der Waals surface area contributed by atoms with Gasteiger partial charge in [-0.2, -0.15) is 9.64 Å². The number of amides is 2. The van der Waals surface area contributed by atoms with Crippen molar-refractivity contribution in [1.82, 2.24) is 9.27 Å². The maximum atomic E-state index is 14.1. The van der Waals surface area contributed by atoms with Crippen LogP contribution in [0.1, 0.15) is 22.9 Å². The van der Waals surface area contributed by atoms with Crippen molar-refractivity contribution in [3.05, 3.63) is 45.9 Å². The molecule has 1 N–H and O–H groups in total. The van der Waals surface area contributed by atoms with Crippen LogP contribution in [0.2, 0.25) is 5.02 Å². The minimum Gasteiger partial charge on any atom is -0.370 e. The van der Waals surface area contributed by atoms with Crippen LogP contribution in [0.25, 0.3) is 0 Å². The summed E-state index contributed by atoms with van der Waals surface area (Å²) in [5.74, 6) is -0.468. The second-order valence-electron chi connectivity index (χ2n) is 5.45. The summed E-state index contributed by atoms with van der Waals surface area (Å²) in [4.78, 5) is 14.0. The van der Waals surface area contributed by atoms with Crippen LogP contribution in [-0.4, -0.2) is 35.0 Å². The molecule has 25 heavy (non-hydrogen) atoms. The number of carbonyl (C=O) groups excluding carboxylic acids is 1. The third-order valence-corrected chi connectivity index (χ3v) is 5.05. The monoisotopic (exact) mass is 380 g/mol. The molecular formula is C16H14ClFN4O2S. The first-order chi connectivity index (χ1) is 12.0. The van der Waals surface area contributed by atoms with Crippen LogP contribution in [-0.2, 0) is 4.74 Å². The van der Waals surface area contributed by atoms with E-state index < -0.39 is 11.9 Å². The normalized spacial score (nSPS) is 17.2. The van der Waals surface area contributed by atoms with Gasteiger partial charge in [0.15, 0.2) is 0 Å². The first kappa shape index (κ1) is 17.6. The first-order valence-corrected chi connectivity index (χ1v) is 8.64. The SMILES string of the molecule is Cc1nsc(NC(=O)N2CCOC(c3c(F)cccc3Cl)C2)c1C#N. The number of nitriles is 1. The van der Waals surface area contributed by atoms with E-state index in [4.69, 9.17) is 21.6 Å². The predicted molar refractivity (Wildman–Crippen MR) is 92.3 cm³/mol. The number of halogens is 2. The molecule has 9 heteroatoms. The van der Waals surface area contributed by atoms with Gasteiger partial charge in [0.1, 0.15) is 28.6 Å². The largest absolute Gasteiger partial charge is 0.370 e. The molecule has 0 spiro atoms. The maximum absolute atomic E-state index is 14.1. The molecule has 130 valence electrons. The number of rotatable bonds is 2. The summed E-state index contributed by atoms with van der Waals surface area (Å²) in [6, 6.07) is 6.05. The highest BCUT2D eigenvalue weighted by Crippen LogP contribution is 2.31. The first-order valence-electron chi connectivity index (χ1n) is 7.49. The molecule has 2 aromatic rings. The molecule has 6 nitrogen and oxygen atoms in total. The summed E-state index contributed by atoms with van der Waals surface area (Å²) in [6.45, 7) is 2.48. The number of ether oxygens (including phenoxy) is 1. The van der Waals surface area contributed by atoms with E-state index in [1.807, 2.05) is 6.07 Å². The molecule has 2 amide bonds. The number of nitrogens with one attached hydrogen (secondary N) is 1. The fourth-order valence-electron chi connectivity index (χ4n) is 2.59. The Morgan fingerprint density at radius 1 is 1.60 bits per heavy atom. The smallest absolute Gasteiger partial charge is 0.322 e. The van der Waals surface area contributed by atoms with E-state index in [1.54, 1.807) is 13.0 Å². The van der Waals surface area contributed by atoms with E-state index in [2.05, 4.69) is 9.69 Å². The summed E-state index contributed by atoms with van der Waals surface area (Å²) in [5, 5.41) is 12.5. The summed E-state index contributed by atoms with van der Waals surface area (Å²) in [7, 11) is 0. The number of benzene rings is 1. The van der Waals surface area contributed by atoms with Gasteiger partial charge in [-0.3, -0.25) is 5.32 Å².